The van der Waals surface area contributed by atoms with Gasteiger partial charge in [-0.05, 0) is 62.8 Å². The average molecular weight is 400 g/mol. The lowest BCUT2D eigenvalue weighted by molar-refractivity contribution is -0.137. The van der Waals surface area contributed by atoms with Crippen LogP contribution in [0, 0.1) is 12.8 Å². The fourth-order valence-corrected chi connectivity index (χ4v) is 3.67. The van der Waals surface area contributed by atoms with Crippen LogP contribution in [-0.2, 0) is 12.7 Å². The van der Waals surface area contributed by atoms with E-state index in [2.05, 4.69) is 10.4 Å². The molecule has 0 unspecified atom stereocenters. The van der Waals surface area contributed by atoms with Crippen molar-refractivity contribution >= 4 is 17.5 Å². The quantitative estimate of drug-likeness (QED) is 0.798. The van der Waals surface area contributed by atoms with E-state index >= 15 is 0 Å². The van der Waals surface area contributed by atoms with E-state index in [0.717, 1.165) is 56.1 Å². The number of nitrogens with one attached hydrogen (secondary N) is 1. The number of alkyl halides is 3. The Morgan fingerprint density at radius 3 is 2.56 bits per heavy atom. The van der Waals surface area contributed by atoms with Gasteiger partial charge in [-0.1, -0.05) is 11.6 Å². The van der Waals surface area contributed by atoms with Crippen LogP contribution in [0.5, 0.6) is 0 Å². The Balaban J connectivity index is 1.57. The number of hydrogen-bond donors (Lipinski definition) is 1. The van der Waals surface area contributed by atoms with Crippen molar-refractivity contribution in [1.29, 1.82) is 0 Å². The van der Waals surface area contributed by atoms with Gasteiger partial charge in [0.25, 0.3) is 5.91 Å². The normalized spacial score (nSPS) is 20.5. The van der Waals surface area contributed by atoms with Gasteiger partial charge < -0.3 is 5.32 Å². The Bertz CT molecular complexity index is 811. The maximum absolute atomic E-state index is 12.9. The van der Waals surface area contributed by atoms with Crippen LogP contribution in [0.15, 0.2) is 30.5 Å². The summed E-state index contributed by atoms with van der Waals surface area (Å²) in [5.74, 6) is -0.0774. The summed E-state index contributed by atoms with van der Waals surface area (Å²) >= 11 is 5.94. The molecule has 0 radical (unpaired) electrons. The standard InChI is InChI=1S/C19H21ClF3N3O/c1-12-8-9-24-26(12)11-13-2-5-15(6-3-13)25-18(27)16-10-14(19(21,22)23)4-7-17(16)20/h4,7-10,13,15H,2-3,5-6,11H2,1H3,(H,25,27). The minimum absolute atomic E-state index is 0.0170. The number of rotatable bonds is 4. The molecule has 1 aliphatic carbocycles. The SMILES string of the molecule is Cc1ccnn1CC1CCC(NC(=O)c2cc(C(F)(F)F)ccc2Cl)CC1. The van der Waals surface area contributed by atoms with Crippen LogP contribution >= 0.6 is 11.6 Å². The highest BCUT2D eigenvalue weighted by molar-refractivity contribution is 6.33. The van der Waals surface area contributed by atoms with E-state index in [1.165, 1.54) is 0 Å². The second kappa shape index (κ2) is 7.92. The third-order valence-corrected chi connectivity index (χ3v) is 5.41. The van der Waals surface area contributed by atoms with Crippen LogP contribution in [-0.4, -0.2) is 21.7 Å². The first-order chi connectivity index (χ1) is 12.7. The number of benzene rings is 1. The van der Waals surface area contributed by atoms with Crippen LogP contribution in [0.3, 0.4) is 0 Å². The molecular weight excluding hydrogens is 379 g/mol. The number of aryl methyl sites for hydroxylation is 1. The zero-order chi connectivity index (χ0) is 19.6. The molecule has 1 N–H and O–H groups in total. The Morgan fingerprint density at radius 1 is 1.26 bits per heavy atom. The van der Waals surface area contributed by atoms with Gasteiger partial charge in [0.1, 0.15) is 0 Å². The number of carbonyl (C=O) groups excluding carboxylic acids is 1. The first-order valence-corrected chi connectivity index (χ1v) is 9.28. The first-order valence-electron chi connectivity index (χ1n) is 8.90. The monoisotopic (exact) mass is 399 g/mol. The Morgan fingerprint density at radius 2 is 1.96 bits per heavy atom. The molecule has 1 aliphatic rings. The summed E-state index contributed by atoms with van der Waals surface area (Å²) in [6.07, 6.45) is 0.698. The lowest BCUT2D eigenvalue weighted by atomic mass is 9.86. The van der Waals surface area contributed by atoms with Crippen LogP contribution in [0.1, 0.15) is 47.3 Å². The molecule has 0 spiro atoms. The smallest absolute Gasteiger partial charge is 0.349 e. The van der Waals surface area contributed by atoms with Crippen LogP contribution in [0.2, 0.25) is 5.02 Å². The molecule has 1 saturated carbocycles. The number of halogens is 4. The molecule has 27 heavy (non-hydrogen) atoms. The molecule has 8 heteroatoms. The Labute approximate surface area is 160 Å². The summed E-state index contributed by atoms with van der Waals surface area (Å²) in [6, 6.07) is 4.71. The first kappa shape index (κ1) is 19.7. The van der Waals surface area contributed by atoms with E-state index in [9.17, 15) is 18.0 Å². The molecule has 1 fully saturated rings. The molecule has 0 saturated heterocycles. The number of carbonyl (C=O) groups is 1. The van der Waals surface area contributed by atoms with E-state index < -0.39 is 17.6 Å². The maximum atomic E-state index is 12.9. The summed E-state index contributed by atoms with van der Waals surface area (Å²) in [6.45, 7) is 2.86. The topological polar surface area (TPSA) is 46.9 Å². The second-order valence-electron chi connectivity index (χ2n) is 7.04. The molecule has 3 rings (SSSR count). The highest BCUT2D eigenvalue weighted by Crippen LogP contribution is 2.32. The highest BCUT2D eigenvalue weighted by Gasteiger charge is 2.32. The van der Waals surface area contributed by atoms with Crippen molar-refractivity contribution < 1.29 is 18.0 Å². The Kier molecular flexibility index (Phi) is 5.79. The highest BCUT2D eigenvalue weighted by atomic mass is 35.5. The average Bonchev–Trinajstić information content (AvgIpc) is 3.00. The van der Waals surface area contributed by atoms with Crippen LogP contribution in [0.4, 0.5) is 13.2 Å². The zero-order valence-corrected chi connectivity index (χ0v) is 15.6. The molecule has 2 aromatic rings. The van der Waals surface area contributed by atoms with Gasteiger partial charge in [-0.25, -0.2) is 0 Å². The van der Waals surface area contributed by atoms with E-state index in [1.54, 1.807) is 6.20 Å². The summed E-state index contributed by atoms with van der Waals surface area (Å²) in [5, 5.41) is 7.14. The lowest BCUT2D eigenvalue weighted by Crippen LogP contribution is -2.38. The van der Waals surface area contributed by atoms with Crippen LogP contribution < -0.4 is 5.32 Å². The van der Waals surface area contributed by atoms with Crippen molar-refractivity contribution in [2.75, 3.05) is 0 Å². The molecule has 1 heterocycles. The molecule has 0 bridgehead atoms. The molecule has 0 atom stereocenters. The fraction of sp³-hybridized carbons (Fsp3) is 0.474. The zero-order valence-electron chi connectivity index (χ0n) is 14.9. The minimum atomic E-state index is -4.51. The van der Waals surface area contributed by atoms with Crippen molar-refractivity contribution in [1.82, 2.24) is 15.1 Å². The number of amides is 1. The van der Waals surface area contributed by atoms with Crippen molar-refractivity contribution in [3.63, 3.8) is 0 Å². The van der Waals surface area contributed by atoms with Crippen molar-refractivity contribution in [3.8, 4) is 0 Å². The van der Waals surface area contributed by atoms with Gasteiger partial charge in [-0.3, -0.25) is 9.48 Å². The fourth-order valence-electron chi connectivity index (χ4n) is 3.46. The minimum Gasteiger partial charge on any atom is -0.349 e. The number of hydrogen-bond acceptors (Lipinski definition) is 2. The third kappa shape index (κ3) is 4.83. The van der Waals surface area contributed by atoms with Crippen molar-refractivity contribution in [2.45, 2.75) is 51.4 Å². The van der Waals surface area contributed by atoms with Crippen molar-refractivity contribution in [3.05, 3.63) is 52.3 Å². The maximum Gasteiger partial charge on any atom is 0.416 e. The lowest BCUT2D eigenvalue weighted by Gasteiger charge is -2.29. The molecule has 0 aliphatic heterocycles. The van der Waals surface area contributed by atoms with Gasteiger partial charge in [-0.15, -0.1) is 0 Å². The summed E-state index contributed by atoms with van der Waals surface area (Å²) < 4.78 is 40.6. The molecule has 4 nitrogen and oxygen atoms in total. The predicted molar refractivity (Wildman–Crippen MR) is 96.6 cm³/mol. The van der Waals surface area contributed by atoms with E-state index in [-0.39, 0.29) is 16.6 Å². The molecule has 146 valence electrons. The summed E-state index contributed by atoms with van der Waals surface area (Å²) in [4.78, 5) is 12.4. The van der Waals surface area contributed by atoms with Gasteiger partial charge in [0.15, 0.2) is 0 Å². The number of aromatic nitrogens is 2. The predicted octanol–water partition coefficient (Wildman–Crippen LogP) is 4.85. The number of nitrogens with zero attached hydrogens (tertiary/aromatic N) is 2. The van der Waals surface area contributed by atoms with E-state index in [4.69, 9.17) is 11.6 Å². The van der Waals surface area contributed by atoms with Gasteiger partial charge in [0.2, 0.25) is 0 Å². The summed E-state index contributed by atoms with van der Waals surface area (Å²) in [7, 11) is 0. The molecular formula is C19H21ClF3N3O. The molecule has 1 aromatic heterocycles. The van der Waals surface area contributed by atoms with Crippen molar-refractivity contribution in [2.24, 2.45) is 5.92 Å². The summed E-state index contributed by atoms with van der Waals surface area (Å²) in [5.41, 5.74) is 0.0979. The van der Waals surface area contributed by atoms with Gasteiger partial charge in [0.05, 0.1) is 16.1 Å². The van der Waals surface area contributed by atoms with Crippen LogP contribution in [0.25, 0.3) is 0 Å². The van der Waals surface area contributed by atoms with E-state index in [1.807, 2.05) is 17.7 Å². The van der Waals surface area contributed by atoms with Gasteiger partial charge in [-0.2, -0.15) is 18.3 Å². The Hall–Kier alpha value is -2.02. The third-order valence-electron chi connectivity index (χ3n) is 5.08. The van der Waals surface area contributed by atoms with E-state index in [0.29, 0.717) is 5.92 Å². The molecule has 1 aromatic carbocycles. The molecule has 1 amide bonds. The largest absolute Gasteiger partial charge is 0.416 e. The van der Waals surface area contributed by atoms with Gasteiger partial charge >= 0.3 is 6.18 Å². The second-order valence-corrected chi connectivity index (χ2v) is 7.45. The van der Waals surface area contributed by atoms with Gasteiger partial charge in [0, 0.05) is 24.5 Å².